The topological polar surface area (TPSA) is 23.5 Å². The lowest BCUT2D eigenvalue weighted by atomic mass is 10.1. The van der Waals surface area contributed by atoms with Crippen molar-refractivity contribution in [2.75, 3.05) is 18.7 Å². The predicted molar refractivity (Wildman–Crippen MR) is 51.4 cm³/mol. The summed E-state index contributed by atoms with van der Waals surface area (Å²) in [7, 11) is 1.87. The van der Waals surface area contributed by atoms with E-state index >= 15 is 0 Å². The Balaban J connectivity index is 3.01. The SMILES string of the molecule is Cc1ccc(N(C)CO)c(C)c1. The number of aliphatic hydroxyl groups is 1. The van der Waals surface area contributed by atoms with Gasteiger partial charge in [0.25, 0.3) is 0 Å². The second-order valence-electron chi connectivity index (χ2n) is 3.13. The minimum atomic E-state index is 0.0594. The van der Waals surface area contributed by atoms with E-state index in [0.29, 0.717) is 0 Å². The van der Waals surface area contributed by atoms with E-state index in [0.717, 1.165) is 5.69 Å². The summed E-state index contributed by atoms with van der Waals surface area (Å²) in [6.07, 6.45) is 0. The second kappa shape index (κ2) is 3.59. The Morgan fingerprint density at radius 3 is 2.50 bits per heavy atom. The van der Waals surface area contributed by atoms with Gasteiger partial charge in [-0.15, -0.1) is 0 Å². The van der Waals surface area contributed by atoms with Crippen LogP contribution in [0, 0.1) is 13.8 Å². The van der Waals surface area contributed by atoms with Crippen LogP contribution in [0.3, 0.4) is 0 Å². The zero-order chi connectivity index (χ0) is 9.14. The summed E-state index contributed by atoms with van der Waals surface area (Å²) >= 11 is 0. The van der Waals surface area contributed by atoms with Gasteiger partial charge in [0.2, 0.25) is 0 Å². The Bertz CT molecular complexity index is 271. The van der Waals surface area contributed by atoms with Crippen LogP contribution in [0.2, 0.25) is 0 Å². The van der Waals surface area contributed by atoms with Gasteiger partial charge >= 0.3 is 0 Å². The molecule has 0 aliphatic heterocycles. The molecule has 0 bridgehead atoms. The molecule has 2 nitrogen and oxygen atoms in total. The van der Waals surface area contributed by atoms with Gasteiger partial charge in [-0.05, 0) is 25.5 Å². The van der Waals surface area contributed by atoms with Gasteiger partial charge in [-0.2, -0.15) is 0 Å². The third kappa shape index (κ3) is 1.77. The highest BCUT2D eigenvalue weighted by molar-refractivity contribution is 5.53. The molecule has 1 rings (SSSR count). The molecule has 0 radical (unpaired) electrons. The van der Waals surface area contributed by atoms with Gasteiger partial charge in [0, 0.05) is 12.7 Å². The maximum atomic E-state index is 8.91. The van der Waals surface area contributed by atoms with Crippen molar-refractivity contribution in [2.24, 2.45) is 0 Å². The van der Waals surface area contributed by atoms with E-state index in [-0.39, 0.29) is 6.73 Å². The predicted octanol–water partition coefficient (Wildman–Crippen LogP) is 1.69. The van der Waals surface area contributed by atoms with Gasteiger partial charge in [-0.3, -0.25) is 0 Å². The van der Waals surface area contributed by atoms with Crippen LogP contribution >= 0.6 is 0 Å². The fraction of sp³-hybridized carbons (Fsp3) is 0.400. The Labute approximate surface area is 73.4 Å². The Morgan fingerprint density at radius 1 is 1.33 bits per heavy atom. The molecule has 0 aromatic heterocycles. The molecule has 1 aromatic carbocycles. The molecule has 0 amide bonds. The molecule has 0 saturated heterocycles. The average molecular weight is 165 g/mol. The van der Waals surface area contributed by atoms with Crippen molar-refractivity contribution in [2.45, 2.75) is 13.8 Å². The maximum absolute atomic E-state index is 8.91. The van der Waals surface area contributed by atoms with Crippen LogP contribution in [0.1, 0.15) is 11.1 Å². The van der Waals surface area contributed by atoms with Crippen LogP contribution in [0.15, 0.2) is 18.2 Å². The number of aryl methyl sites for hydroxylation is 2. The molecule has 0 unspecified atom stereocenters. The van der Waals surface area contributed by atoms with Crippen molar-refractivity contribution in [3.05, 3.63) is 29.3 Å². The Kier molecular flexibility index (Phi) is 2.71. The first-order chi connectivity index (χ1) is 5.65. The minimum absolute atomic E-state index is 0.0594. The summed E-state index contributed by atoms with van der Waals surface area (Å²) in [5.41, 5.74) is 3.54. The third-order valence-electron chi connectivity index (χ3n) is 1.98. The van der Waals surface area contributed by atoms with E-state index in [1.165, 1.54) is 11.1 Å². The van der Waals surface area contributed by atoms with Crippen molar-refractivity contribution >= 4 is 5.69 Å². The van der Waals surface area contributed by atoms with Crippen LogP contribution < -0.4 is 4.90 Å². The standard InChI is InChI=1S/C10H15NO/c1-8-4-5-10(9(2)6-8)11(3)7-12/h4-6,12H,7H2,1-3H3. The van der Waals surface area contributed by atoms with Gasteiger partial charge in [-0.25, -0.2) is 0 Å². The highest BCUT2D eigenvalue weighted by atomic mass is 16.3. The number of anilines is 1. The number of hydrogen-bond acceptors (Lipinski definition) is 2. The lowest BCUT2D eigenvalue weighted by Crippen LogP contribution is -2.18. The summed E-state index contributed by atoms with van der Waals surface area (Å²) < 4.78 is 0. The molecule has 0 heterocycles. The molecule has 12 heavy (non-hydrogen) atoms. The largest absolute Gasteiger partial charge is 0.376 e. The van der Waals surface area contributed by atoms with E-state index in [4.69, 9.17) is 5.11 Å². The molecular weight excluding hydrogens is 150 g/mol. The van der Waals surface area contributed by atoms with E-state index < -0.39 is 0 Å². The molecule has 1 N–H and O–H groups in total. The number of aliphatic hydroxyl groups excluding tert-OH is 1. The normalized spacial score (nSPS) is 10.0. The quantitative estimate of drug-likeness (QED) is 0.674. The molecule has 0 saturated carbocycles. The molecule has 1 aromatic rings. The second-order valence-corrected chi connectivity index (χ2v) is 3.13. The van der Waals surface area contributed by atoms with Gasteiger partial charge < -0.3 is 10.0 Å². The molecular formula is C10H15NO. The summed E-state index contributed by atoms with van der Waals surface area (Å²) in [5.74, 6) is 0. The molecule has 66 valence electrons. The van der Waals surface area contributed by atoms with E-state index in [9.17, 15) is 0 Å². The van der Waals surface area contributed by atoms with Gasteiger partial charge in [0.05, 0.1) is 0 Å². The number of rotatable bonds is 2. The average Bonchev–Trinajstić information content (AvgIpc) is 2.03. The van der Waals surface area contributed by atoms with Gasteiger partial charge in [0.15, 0.2) is 0 Å². The summed E-state index contributed by atoms with van der Waals surface area (Å²) in [4.78, 5) is 1.81. The van der Waals surface area contributed by atoms with Crippen LogP contribution in [0.25, 0.3) is 0 Å². The van der Waals surface area contributed by atoms with E-state index in [1.54, 1.807) is 0 Å². The minimum Gasteiger partial charge on any atom is -0.376 e. The smallest absolute Gasteiger partial charge is 0.115 e. The lowest BCUT2D eigenvalue weighted by molar-refractivity contribution is 0.298. The molecule has 0 aliphatic carbocycles. The zero-order valence-corrected chi connectivity index (χ0v) is 7.83. The van der Waals surface area contributed by atoms with Crippen LogP contribution in [-0.2, 0) is 0 Å². The molecule has 0 spiro atoms. The first-order valence-corrected chi connectivity index (χ1v) is 4.04. The first-order valence-electron chi connectivity index (χ1n) is 4.04. The maximum Gasteiger partial charge on any atom is 0.115 e. The first kappa shape index (κ1) is 9.07. The number of hydrogen-bond donors (Lipinski definition) is 1. The molecule has 2 heteroatoms. The zero-order valence-electron chi connectivity index (χ0n) is 7.83. The van der Waals surface area contributed by atoms with Crippen molar-refractivity contribution < 1.29 is 5.11 Å². The highest BCUT2D eigenvalue weighted by Gasteiger charge is 2.01. The molecule has 0 aliphatic rings. The summed E-state index contributed by atoms with van der Waals surface area (Å²) in [6.45, 7) is 4.17. The fourth-order valence-corrected chi connectivity index (χ4v) is 1.31. The van der Waals surface area contributed by atoms with Crippen molar-refractivity contribution in [3.63, 3.8) is 0 Å². The number of nitrogens with zero attached hydrogens (tertiary/aromatic N) is 1. The summed E-state index contributed by atoms with van der Waals surface area (Å²) in [6, 6.07) is 6.19. The van der Waals surface area contributed by atoms with Gasteiger partial charge in [-0.1, -0.05) is 17.7 Å². The van der Waals surface area contributed by atoms with Crippen molar-refractivity contribution in [1.29, 1.82) is 0 Å². The number of benzene rings is 1. The monoisotopic (exact) mass is 165 g/mol. The van der Waals surface area contributed by atoms with E-state index in [1.807, 2.05) is 18.0 Å². The van der Waals surface area contributed by atoms with Crippen LogP contribution in [-0.4, -0.2) is 18.9 Å². The summed E-state index contributed by atoms with van der Waals surface area (Å²) in [5, 5.41) is 8.91. The van der Waals surface area contributed by atoms with Gasteiger partial charge in [0.1, 0.15) is 6.73 Å². The van der Waals surface area contributed by atoms with Crippen LogP contribution in [0.5, 0.6) is 0 Å². The lowest BCUT2D eigenvalue weighted by Gasteiger charge is -2.18. The Hall–Kier alpha value is -1.02. The molecule has 0 atom stereocenters. The fourth-order valence-electron chi connectivity index (χ4n) is 1.31. The van der Waals surface area contributed by atoms with Crippen molar-refractivity contribution in [1.82, 2.24) is 0 Å². The van der Waals surface area contributed by atoms with Crippen molar-refractivity contribution in [3.8, 4) is 0 Å². The Morgan fingerprint density at radius 2 is 2.00 bits per heavy atom. The van der Waals surface area contributed by atoms with E-state index in [2.05, 4.69) is 26.0 Å². The van der Waals surface area contributed by atoms with Crippen LogP contribution in [0.4, 0.5) is 5.69 Å². The third-order valence-corrected chi connectivity index (χ3v) is 1.98. The highest BCUT2D eigenvalue weighted by Crippen LogP contribution is 2.18. The molecule has 0 fully saturated rings.